The molecule has 2 aliphatic heterocycles. The summed E-state index contributed by atoms with van der Waals surface area (Å²) in [6.45, 7) is 0.112. The third kappa shape index (κ3) is 5.82. The maximum atomic E-state index is 14.0. The number of aromatic nitrogens is 1. The molecule has 0 spiro atoms. The van der Waals surface area contributed by atoms with Crippen molar-refractivity contribution < 1.29 is 32.3 Å². The number of benzene rings is 2. The number of allylic oxidation sites excluding steroid dienone is 1. The van der Waals surface area contributed by atoms with E-state index in [0.29, 0.717) is 41.0 Å². The van der Waals surface area contributed by atoms with Crippen molar-refractivity contribution in [3.8, 4) is 11.5 Å². The summed E-state index contributed by atoms with van der Waals surface area (Å²) >= 11 is 0. The van der Waals surface area contributed by atoms with Gasteiger partial charge in [0.05, 0.1) is 22.8 Å². The first-order valence-corrected chi connectivity index (χ1v) is 14.1. The van der Waals surface area contributed by atoms with E-state index < -0.39 is 39.9 Å². The monoisotopic (exact) mass is 535 g/mol. The summed E-state index contributed by atoms with van der Waals surface area (Å²) < 4.78 is 51.8. The van der Waals surface area contributed by atoms with Crippen molar-refractivity contribution >= 4 is 28.6 Å². The highest BCUT2D eigenvalue weighted by molar-refractivity contribution is 7.92. The van der Waals surface area contributed by atoms with Crippen LogP contribution in [0.25, 0.3) is 11.6 Å². The van der Waals surface area contributed by atoms with E-state index >= 15 is 0 Å². The van der Waals surface area contributed by atoms with E-state index in [1.165, 1.54) is 12.1 Å². The number of ether oxygens (including phenoxy) is 1. The van der Waals surface area contributed by atoms with Gasteiger partial charge in [-0.25, -0.2) is 12.8 Å². The number of rotatable bonds is 8. The van der Waals surface area contributed by atoms with Crippen LogP contribution in [-0.4, -0.2) is 54.4 Å². The topological polar surface area (TPSA) is 106 Å². The van der Waals surface area contributed by atoms with Crippen LogP contribution in [0.5, 0.6) is 11.5 Å². The molecule has 3 aromatic rings. The second kappa shape index (κ2) is 11.1. The number of fused-ring (bicyclic) bond motifs is 1. The fraction of sp³-hybridized carbons (Fsp3) is 0.250. The molecule has 3 heterocycles. The number of pyridine rings is 1. The summed E-state index contributed by atoms with van der Waals surface area (Å²) in [5.74, 6) is -0.666. The van der Waals surface area contributed by atoms with Gasteiger partial charge in [0.1, 0.15) is 12.4 Å². The highest BCUT2D eigenvalue weighted by atomic mass is 32.2. The predicted octanol–water partition coefficient (Wildman–Crippen LogP) is 4.30. The van der Waals surface area contributed by atoms with Gasteiger partial charge in [0.2, 0.25) is 0 Å². The van der Waals surface area contributed by atoms with E-state index in [-0.39, 0.29) is 18.7 Å². The van der Waals surface area contributed by atoms with Crippen LogP contribution in [0.15, 0.2) is 84.1 Å². The Morgan fingerprint density at radius 2 is 1.95 bits per heavy atom. The number of sulfone groups is 1. The Balaban J connectivity index is 1.43. The molecule has 1 fully saturated rings. The smallest absolute Gasteiger partial charge is 0.456 e. The van der Waals surface area contributed by atoms with Crippen molar-refractivity contribution in [3.05, 3.63) is 101 Å². The molecule has 0 radical (unpaired) electrons. The number of halogens is 1. The fourth-order valence-electron chi connectivity index (χ4n) is 5.02. The molecule has 7 nitrogen and oxygen atoms in total. The molecule has 0 amide bonds. The molecule has 38 heavy (non-hydrogen) atoms. The van der Waals surface area contributed by atoms with E-state index in [9.17, 15) is 22.9 Å². The van der Waals surface area contributed by atoms with Gasteiger partial charge < -0.3 is 19.5 Å². The number of phenols is 1. The van der Waals surface area contributed by atoms with E-state index in [1.807, 2.05) is 30.3 Å². The summed E-state index contributed by atoms with van der Waals surface area (Å²) in [7, 11) is -4.70. The Hall–Kier alpha value is -3.47. The number of phenolic OH excluding ortho intramolecular Hbond substituents is 1. The van der Waals surface area contributed by atoms with Crippen LogP contribution in [0.2, 0.25) is 6.32 Å². The number of hydrogen-bond acceptors (Lipinski definition) is 7. The van der Waals surface area contributed by atoms with Gasteiger partial charge in [-0.15, -0.1) is 0 Å². The lowest BCUT2D eigenvalue weighted by atomic mass is 9.74. The number of nitrogens with zero attached hydrogens (tertiary/aromatic N) is 1. The molecule has 5 rings (SSSR count). The highest BCUT2D eigenvalue weighted by Crippen LogP contribution is 2.40. The molecule has 0 bridgehead atoms. The van der Waals surface area contributed by atoms with Crippen LogP contribution < -0.4 is 4.74 Å². The van der Waals surface area contributed by atoms with Crippen LogP contribution in [-0.2, 0) is 14.5 Å². The Labute approximate surface area is 221 Å². The van der Waals surface area contributed by atoms with E-state index in [2.05, 4.69) is 4.98 Å². The lowest BCUT2D eigenvalue weighted by Crippen LogP contribution is -2.42. The van der Waals surface area contributed by atoms with Crippen molar-refractivity contribution in [3.63, 3.8) is 0 Å². The molecule has 2 aliphatic rings. The van der Waals surface area contributed by atoms with Gasteiger partial charge in [-0.3, -0.25) is 4.98 Å². The number of para-hydroxylation sites is 1. The van der Waals surface area contributed by atoms with Crippen molar-refractivity contribution in [1.82, 2.24) is 4.98 Å². The molecule has 2 N–H and O–H groups in total. The average Bonchev–Trinajstić information content (AvgIpc) is 3.17. The molecule has 0 aliphatic carbocycles. The molecule has 196 valence electrons. The fourth-order valence-corrected chi connectivity index (χ4v) is 7.12. The zero-order valence-electron chi connectivity index (χ0n) is 20.5. The van der Waals surface area contributed by atoms with Gasteiger partial charge >= 0.3 is 7.12 Å². The molecule has 2 atom stereocenters. The van der Waals surface area contributed by atoms with Crippen LogP contribution in [0, 0.1) is 5.82 Å². The molecule has 0 unspecified atom stereocenters. The van der Waals surface area contributed by atoms with Crippen molar-refractivity contribution in [2.24, 2.45) is 0 Å². The van der Waals surface area contributed by atoms with Gasteiger partial charge in [0.15, 0.2) is 21.4 Å². The van der Waals surface area contributed by atoms with Crippen LogP contribution >= 0.6 is 0 Å². The minimum Gasteiger partial charge on any atom is -0.505 e. The quantitative estimate of drug-likeness (QED) is 0.327. The van der Waals surface area contributed by atoms with Crippen LogP contribution in [0.1, 0.15) is 24.1 Å². The molecule has 10 heteroatoms. The lowest BCUT2D eigenvalue weighted by Gasteiger charge is -2.32. The molecule has 1 aromatic heterocycles. The molecule has 2 aromatic carbocycles. The summed E-state index contributed by atoms with van der Waals surface area (Å²) in [5, 5.41) is 19.1. The summed E-state index contributed by atoms with van der Waals surface area (Å²) in [6, 6.07) is 18.8. The van der Waals surface area contributed by atoms with Crippen molar-refractivity contribution in [2.45, 2.75) is 30.5 Å². The van der Waals surface area contributed by atoms with Gasteiger partial charge in [0.25, 0.3) is 0 Å². The van der Waals surface area contributed by atoms with Gasteiger partial charge in [-0.1, -0.05) is 30.3 Å². The molecular formula is C28H27BFNO6S. The largest absolute Gasteiger partial charge is 0.505 e. The third-order valence-electron chi connectivity index (χ3n) is 6.79. The third-order valence-corrected chi connectivity index (χ3v) is 8.85. The number of aromatic hydroxyl groups is 1. The summed E-state index contributed by atoms with van der Waals surface area (Å²) in [5.41, 5.74) is 3.30. The Morgan fingerprint density at radius 3 is 2.68 bits per heavy atom. The second-order valence-electron chi connectivity index (χ2n) is 9.41. The lowest BCUT2D eigenvalue weighted by molar-refractivity contribution is 0.170. The maximum absolute atomic E-state index is 14.0. The number of hydrogen-bond donors (Lipinski definition) is 2. The van der Waals surface area contributed by atoms with E-state index in [4.69, 9.17) is 9.39 Å². The Kier molecular flexibility index (Phi) is 7.64. The second-order valence-corrected chi connectivity index (χ2v) is 11.6. The average molecular weight is 535 g/mol. The van der Waals surface area contributed by atoms with E-state index in [1.54, 1.807) is 36.5 Å². The van der Waals surface area contributed by atoms with Crippen LogP contribution in [0.4, 0.5) is 4.39 Å². The van der Waals surface area contributed by atoms with Crippen molar-refractivity contribution in [2.75, 3.05) is 12.4 Å². The minimum atomic E-state index is -3.50. The van der Waals surface area contributed by atoms with Crippen LogP contribution in [0.3, 0.4) is 0 Å². The first-order valence-electron chi connectivity index (χ1n) is 12.4. The van der Waals surface area contributed by atoms with Gasteiger partial charge in [0, 0.05) is 12.5 Å². The first kappa shape index (κ1) is 26.2. The summed E-state index contributed by atoms with van der Waals surface area (Å²) in [4.78, 5) is 4.43. The molecule has 0 saturated carbocycles. The highest BCUT2D eigenvalue weighted by Gasteiger charge is 2.48. The molecule has 1 saturated heterocycles. The van der Waals surface area contributed by atoms with E-state index in [0.717, 1.165) is 5.57 Å². The molecular weight excluding hydrogens is 508 g/mol. The Bertz CT molecular complexity index is 1460. The predicted molar refractivity (Wildman–Crippen MR) is 144 cm³/mol. The van der Waals surface area contributed by atoms with Gasteiger partial charge in [-0.05, 0) is 77.6 Å². The first-order chi connectivity index (χ1) is 18.3. The normalized spacial score (nSPS) is 20.9. The zero-order chi connectivity index (χ0) is 26.7. The standard InChI is InChI=1S/C28H27BFNO6S/c30-23-15-19(9-11-25(23)32)14-20(24-8-4-5-13-31-24)10-12-26-28-21(17-36-22-6-2-1-3-7-22)18-38(34,35)27(28)16-29(33)37-26/h1-9,11,13-15,26-27,32-33H,10,12,16-18H2/b20-14-/t26-,27+/m1/s1. The SMILES string of the molecule is O=S1(=O)CC(COc2ccccc2)=C2[C@@H](CC/C(=C/c3ccc(O)c(F)c3)c3ccccn3)OB(O)C[C@@H]21. The minimum absolute atomic E-state index is 0.0152. The van der Waals surface area contributed by atoms with Gasteiger partial charge in [-0.2, -0.15) is 0 Å². The van der Waals surface area contributed by atoms with Crippen molar-refractivity contribution in [1.29, 1.82) is 0 Å². The Morgan fingerprint density at radius 1 is 1.16 bits per heavy atom. The maximum Gasteiger partial charge on any atom is 0.456 e. The summed E-state index contributed by atoms with van der Waals surface area (Å²) in [6.07, 6.45) is 3.57. The zero-order valence-corrected chi connectivity index (χ0v) is 21.4.